The average Bonchev–Trinajstić information content (AvgIpc) is 3.53. The molecule has 0 aromatic heterocycles. The van der Waals surface area contributed by atoms with E-state index >= 15 is 0 Å². The van der Waals surface area contributed by atoms with Crippen molar-refractivity contribution in [3.63, 3.8) is 0 Å². The highest BCUT2D eigenvalue weighted by atomic mass is 19.4. The van der Waals surface area contributed by atoms with E-state index in [1.54, 1.807) is 24.3 Å². The predicted molar refractivity (Wildman–Crippen MR) is 185 cm³/mol. The van der Waals surface area contributed by atoms with Gasteiger partial charge >= 0.3 is 6.18 Å². The second kappa shape index (κ2) is 15.4. The number of nitrogens with one attached hydrogen (secondary N) is 2. The molecule has 0 fully saturated rings. The number of hydrogen-bond donors (Lipinski definition) is 3. The summed E-state index contributed by atoms with van der Waals surface area (Å²) in [6.45, 7) is 0.106. The van der Waals surface area contributed by atoms with Crippen LogP contribution in [0.15, 0.2) is 138 Å². The summed E-state index contributed by atoms with van der Waals surface area (Å²) in [6.07, 6.45) is -4.81. The summed E-state index contributed by atoms with van der Waals surface area (Å²) in [7, 11) is 0. The minimum absolute atomic E-state index is 0.0152. The standard InChI is InChI=1S/C40H36F3N3O4/c41-40(42,43)35-15-8-7-14-33(35)27-44-46-38(48)39(26-28-10-3-1-4-11-28)36(31-18-16-30(17-19-31)29-12-5-2-6-13-29)50-37(45-39)32-20-22-34(23-21-32)49-25-9-24-47/h1-8,10-23,36,44,47H,9,24-27H2,(H,46,48)/t36-,39-/m0/s1. The first-order valence-electron chi connectivity index (χ1n) is 16.3. The van der Waals surface area contributed by atoms with Crippen molar-refractivity contribution < 1.29 is 32.5 Å². The maximum Gasteiger partial charge on any atom is 0.416 e. The van der Waals surface area contributed by atoms with Crippen LogP contribution in [0, 0.1) is 0 Å². The molecule has 1 amide bonds. The lowest BCUT2D eigenvalue weighted by Crippen LogP contribution is -2.53. The van der Waals surface area contributed by atoms with Gasteiger partial charge < -0.3 is 14.6 Å². The van der Waals surface area contributed by atoms with E-state index in [9.17, 15) is 18.0 Å². The van der Waals surface area contributed by atoms with Crippen molar-refractivity contribution in [2.24, 2.45) is 4.99 Å². The molecule has 1 aliphatic heterocycles. The molecule has 1 heterocycles. The molecule has 10 heteroatoms. The van der Waals surface area contributed by atoms with Crippen molar-refractivity contribution in [2.75, 3.05) is 13.2 Å². The fraction of sp³-hybridized carbons (Fsp3) is 0.200. The Morgan fingerprint density at radius 3 is 2.10 bits per heavy atom. The Bertz CT molecular complexity index is 1900. The van der Waals surface area contributed by atoms with Crippen LogP contribution in [0.5, 0.6) is 5.75 Å². The monoisotopic (exact) mass is 679 g/mol. The Kier molecular flexibility index (Phi) is 10.6. The average molecular weight is 680 g/mol. The first-order chi connectivity index (χ1) is 24.3. The van der Waals surface area contributed by atoms with E-state index in [1.165, 1.54) is 18.2 Å². The third kappa shape index (κ3) is 7.88. The number of hydrazine groups is 1. The Hall–Kier alpha value is -5.45. The smallest absolute Gasteiger partial charge is 0.416 e. The molecule has 0 bridgehead atoms. The molecule has 5 aromatic carbocycles. The second-order valence-electron chi connectivity index (χ2n) is 11.9. The molecule has 256 valence electrons. The number of benzene rings is 5. The van der Waals surface area contributed by atoms with Crippen LogP contribution in [-0.2, 0) is 28.7 Å². The molecule has 7 nitrogen and oxygen atoms in total. The Labute approximate surface area is 288 Å². The molecule has 0 saturated carbocycles. The highest BCUT2D eigenvalue weighted by Gasteiger charge is 2.53. The zero-order valence-electron chi connectivity index (χ0n) is 27.1. The number of amides is 1. The third-order valence-corrected chi connectivity index (χ3v) is 8.47. The highest BCUT2D eigenvalue weighted by molar-refractivity contribution is 6.01. The van der Waals surface area contributed by atoms with Crippen LogP contribution in [0.25, 0.3) is 11.1 Å². The van der Waals surface area contributed by atoms with Crippen LogP contribution in [0.2, 0.25) is 0 Å². The number of ether oxygens (including phenoxy) is 2. The van der Waals surface area contributed by atoms with Crippen LogP contribution in [0.1, 0.15) is 40.3 Å². The van der Waals surface area contributed by atoms with Crippen LogP contribution in [0.4, 0.5) is 13.2 Å². The fourth-order valence-corrected chi connectivity index (χ4v) is 5.95. The topological polar surface area (TPSA) is 92.2 Å². The molecular weight excluding hydrogens is 643 g/mol. The fourth-order valence-electron chi connectivity index (χ4n) is 5.95. The predicted octanol–water partition coefficient (Wildman–Crippen LogP) is 7.45. The molecule has 2 atom stereocenters. The summed E-state index contributed by atoms with van der Waals surface area (Å²) < 4.78 is 53.4. The van der Waals surface area contributed by atoms with E-state index in [0.29, 0.717) is 29.9 Å². The van der Waals surface area contributed by atoms with Gasteiger partial charge in [-0.25, -0.2) is 10.4 Å². The second-order valence-corrected chi connectivity index (χ2v) is 11.9. The molecule has 0 spiro atoms. The zero-order chi connectivity index (χ0) is 35.0. The van der Waals surface area contributed by atoms with Crippen LogP contribution < -0.4 is 15.6 Å². The molecule has 50 heavy (non-hydrogen) atoms. The number of carbonyl (C=O) groups is 1. The summed E-state index contributed by atoms with van der Waals surface area (Å²) in [4.78, 5) is 19.5. The first-order valence-corrected chi connectivity index (χ1v) is 16.3. The molecule has 6 rings (SSSR count). The number of aliphatic hydroxyl groups is 1. The minimum atomic E-state index is -4.55. The number of hydrogen-bond acceptors (Lipinski definition) is 6. The van der Waals surface area contributed by atoms with Gasteiger partial charge in [-0.2, -0.15) is 13.2 Å². The number of halogens is 3. The largest absolute Gasteiger partial charge is 0.494 e. The van der Waals surface area contributed by atoms with Crippen LogP contribution in [-0.4, -0.2) is 35.7 Å². The van der Waals surface area contributed by atoms with Gasteiger partial charge in [0, 0.05) is 31.6 Å². The molecular formula is C40H36F3N3O4. The van der Waals surface area contributed by atoms with E-state index in [4.69, 9.17) is 19.6 Å². The molecule has 0 radical (unpaired) electrons. The third-order valence-electron chi connectivity index (χ3n) is 8.47. The van der Waals surface area contributed by atoms with Gasteiger partial charge in [0.15, 0.2) is 11.6 Å². The first kappa shape index (κ1) is 34.4. The Morgan fingerprint density at radius 2 is 1.42 bits per heavy atom. The van der Waals surface area contributed by atoms with Crippen molar-refractivity contribution in [2.45, 2.75) is 37.2 Å². The van der Waals surface area contributed by atoms with Crippen LogP contribution in [0.3, 0.4) is 0 Å². The summed E-state index contributed by atoms with van der Waals surface area (Å²) in [5, 5.41) is 9.09. The number of nitrogens with zero attached hydrogens (tertiary/aromatic N) is 1. The molecule has 0 unspecified atom stereocenters. The van der Waals surface area contributed by atoms with E-state index in [2.05, 4.69) is 10.9 Å². The van der Waals surface area contributed by atoms with Crippen LogP contribution >= 0.6 is 0 Å². The van der Waals surface area contributed by atoms with Crippen molar-refractivity contribution in [3.8, 4) is 16.9 Å². The lowest BCUT2D eigenvalue weighted by Gasteiger charge is -2.31. The van der Waals surface area contributed by atoms with Crippen molar-refractivity contribution in [3.05, 3.63) is 161 Å². The molecule has 5 aromatic rings. The zero-order valence-corrected chi connectivity index (χ0v) is 27.1. The Morgan fingerprint density at radius 1 is 0.800 bits per heavy atom. The summed E-state index contributed by atoms with van der Waals surface area (Å²) >= 11 is 0. The van der Waals surface area contributed by atoms with Gasteiger partial charge in [-0.3, -0.25) is 10.2 Å². The van der Waals surface area contributed by atoms with E-state index in [-0.39, 0.29) is 31.0 Å². The number of rotatable bonds is 13. The van der Waals surface area contributed by atoms with E-state index < -0.39 is 29.3 Å². The lowest BCUT2D eigenvalue weighted by molar-refractivity contribution is -0.138. The lowest BCUT2D eigenvalue weighted by atomic mass is 9.82. The molecule has 1 aliphatic rings. The van der Waals surface area contributed by atoms with Gasteiger partial charge in [-0.15, -0.1) is 0 Å². The van der Waals surface area contributed by atoms with Gasteiger partial charge in [-0.05, 0) is 58.1 Å². The van der Waals surface area contributed by atoms with Gasteiger partial charge in [0.25, 0.3) is 5.91 Å². The molecule has 0 saturated heterocycles. The summed E-state index contributed by atoms with van der Waals surface area (Å²) in [5.41, 5.74) is 7.18. The summed E-state index contributed by atoms with van der Waals surface area (Å²) in [5.74, 6) is 0.268. The van der Waals surface area contributed by atoms with Gasteiger partial charge in [0.1, 0.15) is 5.75 Å². The highest BCUT2D eigenvalue weighted by Crippen LogP contribution is 2.43. The van der Waals surface area contributed by atoms with Gasteiger partial charge in [0.05, 0.1) is 12.2 Å². The maximum atomic E-state index is 14.5. The van der Waals surface area contributed by atoms with E-state index in [0.717, 1.165) is 22.8 Å². The Balaban J connectivity index is 1.36. The molecule has 3 N–H and O–H groups in total. The van der Waals surface area contributed by atoms with E-state index in [1.807, 2.05) is 84.9 Å². The minimum Gasteiger partial charge on any atom is -0.494 e. The van der Waals surface area contributed by atoms with Crippen molar-refractivity contribution in [1.29, 1.82) is 0 Å². The number of aliphatic imine (C=N–C) groups is 1. The maximum absolute atomic E-state index is 14.5. The van der Waals surface area contributed by atoms with Crippen molar-refractivity contribution >= 4 is 11.8 Å². The van der Waals surface area contributed by atoms with Gasteiger partial charge in [0.2, 0.25) is 5.90 Å². The van der Waals surface area contributed by atoms with Crippen molar-refractivity contribution in [1.82, 2.24) is 10.9 Å². The SMILES string of the molecule is O=C(NNCc1ccccc1C(F)(F)F)[C@@]1(Cc2ccccc2)N=C(c2ccc(OCCCO)cc2)O[C@H]1c1ccc(-c2ccccc2)cc1. The van der Waals surface area contributed by atoms with Gasteiger partial charge in [-0.1, -0.05) is 103 Å². The normalized spacial score (nSPS) is 17.1. The number of carbonyl (C=O) groups excluding carboxylic acids is 1. The quantitative estimate of drug-likeness (QED) is 0.0889. The number of aliphatic hydroxyl groups excluding tert-OH is 1. The molecule has 0 aliphatic carbocycles. The number of alkyl halides is 3. The summed E-state index contributed by atoms with van der Waals surface area (Å²) in [6, 6.07) is 39.3.